The van der Waals surface area contributed by atoms with E-state index in [-0.39, 0.29) is 24.4 Å². The van der Waals surface area contributed by atoms with Gasteiger partial charge in [0.1, 0.15) is 13.2 Å². The second kappa shape index (κ2) is 6.57. The van der Waals surface area contributed by atoms with Gasteiger partial charge in [-0.2, -0.15) is 0 Å². The smallest absolute Gasteiger partial charge is 0.257 e. The number of rotatable bonds is 1. The van der Waals surface area contributed by atoms with Gasteiger partial charge in [-0.1, -0.05) is 12.5 Å². The molecule has 3 unspecified atom stereocenters. The molecule has 1 aliphatic carbocycles. The van der Waals surface area contributed by atoms with Crippen LogP contribution in [0, 0.1) is 11.8 Å². The highest BCUT2D eigenvalue weighted by Crippen LogP contribution is 2.38. The van der Waals surface area contributed by atoms with Gasteiger partial charge < -0.3 is 20.1 Å². The highest BCUT2D eigenvalue weighted by atomic mass is 35.5. The van der Waals surface area contributed by atoms with Crippen molar-refractivity contribution in [3.63, 3.8) is 0 Å². The van der Waals surface area contributed by atoms with Gasteiger partial charge in [0.25, 0.3) is 5.91 Å². The Bertz CT molecular complexity index is 595. The number of benzene rings is 1. The SMILES string of the molecule is Cl.NC1CCCC2CN(C(=O)c3cccc4c3OCCO4)CC12. The maximum atomic E-state index is 12.9. The first-order valence-electron chi connectivity index (χ1n) is 8.17. The van der Waals surface area contributed by atoms with Crippen LogP contribution in [0.15, 0.2) is 18.2 Å². The molecule has 0 bridgehead atoms. The summed E-state index contributed by atoms with van der Waals surface area (Å²) in [5.74, 6) is 2.33. The molecule has 4 rings (SSSR count). The number of ether oxygens (including phenoxy) is 2. The van der Waals surface area contributed by atoms with Gasteiger partial charge in [0, 0.05) is 19.1 Å². The van der Waals surface area contributed by atoms with E-state index >= 15 is 0 Å². The van der Waals surface area contributed by atoms with Crippen LogP contribution in [-0.4, -0.2) is 43.2 Å². The summed E-state index contributed by atoms with van der Waals surface area (Å²) in [6, 6.07) is 5.78. The van der Waals surface area contributed by atoms with Crippen LogP contribution >= 0.6 is 12.4 Å². The third-order valence-electron chi connectivity index (χ3n) is 5.24. The van der Waals surface area contributed by atoms with Crippen molar-refractivity contribution in [2.45, 2.75) is 25.3 Å². The minimum atomic E-state index is 0. The number of amides is 1. The van der Waals surface area contributed by atoms with Crippen molar-refractivity contribution >= 4 is 18.3 Å². The third kappa shape index (κ3) is 2.88. The number of para-hydroxylation sites is 1. The second-order valence-electron chi connectivity index (χ2n) is 6.56. The first-order valence-corrected chi connectivity index (χ1v) is 8.17. The zero-order chi connectivity index (χ0) is 15.1. The Labute approximate surface area is 142 Å². The van der Waals surface area contributed by atoms with Crippen molar-refractivity contribution in [3.8, 4) is 11.5 Å². The standard InChI is InChI=1S/C17H22N2O3.ClH/c18-14-5-1-3-11-9-19(10-13(11)14)17(20)12-4-2-6-15-16(12)22-8-7-21-15;/h2,4,6,11,13-14H,1,3,5,7-10,18H2;1H. The number of halogens is 1. The lowest BCUT2D eigenvalue weighted by Gasteiger charge is -2.29. The molecule has 1 aromatic carbocycles. The maximum Gasteiger partial charge on any atom is 0.257 e. The predicted octanol–water partition coefficient (Wildman–Crippen LogP) is 2.08. The van der Waals surface area contributed by atoms with E-state index in [1.54, 1.807) is 0 Å². The molecule has 1 saturated heterocycles. The summed E-state index contributed by atoms with van der Waals surface area (Å²) in [6.07, 6.45) is 3.46. The van der Waals surface area contributed by atoms with Crippen molar-refractivity contribution in [1.82, 2.24) is 4.90 Å². The molecule has 3 atom stereocenters. The molecule has 6 heteroatoms. The number of likely N-dealkylation sites (tertiary alicyclic amines) is 1. The lowest BCUT2D eigenvalue weighted by Crippen LogP contribution is -2.38. The van der Waals surface area contributed by atoms with E-state index in [4.69, 9.17) is 15.2 Å². The lowest BCUT2D eigenvalue weighted by molar-refractivity contribution is 0.0773. The Kier molecular flexibility index (Phi) is 4.69. The van der Waals surface area contributed by atoms with Gasteiger partial charge in [-0.05, 0) is 36.8 Å². The molecule has 2 aliphatic heterocycles. The average molecular weight is 339 g/mol. The number of nitrogens with zero attached hydrogens (tertiary/aromatic N) is 1. The third-order valence-corrected chi connectivity index (χ3v) is 5.24. The molecule has 23 heavy (non-hydrogen) atoms. The average Bonchev–Trinajstić information content (AvgIpc) is 2.99. The van der Waals surface area contributed by atoms with E-state index < -0.39 is 0 Å². The zero-order valence-corrected chi connectivity index (χ0v) is 13.9. The molecule has 0 radical (unpaired) electrons. The van der Waals surface area contributed by atoms with Crippen molar-refractivity contribution in [3.05, 3.63) is 23.8 Å². The Morgan fingerprint density at radius 3 is 2.83 bits per heavy atom. The highest BCUT2D eigenvalue weighted by Gasteiger charge is 2.41. The van der Waals surface area contributed by atoms with Gasteiger partial charge in [-0.3, -0.25) is 4.79 Å². The van der Waals surface area contributed by atoms with Gasteiger partial charge in [-0.25, -0.2) is 0 Å². The minimum Gasteiger partial charge on any atom is -0.486 e. The molecule has 1 aromatic rings. The molecule has 126 valence electrons. The van der Waals surface area contributed by atoms with Crippen LogP contribution in [0.1, 0.15) is 29.6 Å². The molecule has 2 fully saturated rings. The quantitative estimate of drug-likeness (QED) is 0.851. The van der Waals surface area contributed by atoms with E-state index in [2.05, 4.69) is 0 Å². The number of carbonyl (C=O) groups excluding carboxylic acids is 1. The summed E-state index contributed by atoms with van der Waals surface area (Å²) < 4.78 is 11.3. The summed E-state index contributed by atoms with van der Waals surface area (Å²) in [4.78, 5) is 14.9. The first kappa shape index (κ1) is 16.4. The van der Waals surface area contributed by atoms with E-state index in [0.29, 0.717) is 42.1 Å². The molecule has 1 amide bonds. The molecular weight excluding hydrogens is 316 g/mol. The first-order chi connectivity index (χ1) is 10.7. The Hall–Kier alpha value is -1.46. The normalized spacial score (nSPS) is 28.7. The largest absolute Gasteiger partial charge is 0.486 e. The van der Waals surface area contributed by atoms with Gasteiger partial charge in [-0.15, -0.1) is 12.4 Å². The zero-order valence-electron chi connectivity index (χ0n) is 13.1. The molecule has 0 spiro atoms. The van der Waals surface area contributed by atoms with Crippen molar-refractivity contribution in [2.75, 3.05) is 26.3 Å². The van der Waals surface area contributed by atoms with Crippen LogP contribution < -0.4 is 15.2 Å². The number of hydrogen-bond donors (Lipinski definition) is 1. The fraction of sp³-hybridized carbons (Fsp3) is 0.588. The van der Waals surface area contributed by atoms with Crippen LogP contribution in [0.4, 0.5) is 0 Å². The molecule has 2 N–H and O–H groups in total. The number of fused-ring (bicyclic) bond motifs is 2. The van der Waals surface area contributed by atoms with Crippen molar-refractivity contribution in [2.24, 2.45) is 17.6 Å². The summed E-state index contributed by atoms with van der Waals surface area (Å²) in [7, 11) is 0. The van der Waals surface area contributed by atoms with Crippen LogP contribution in [0.25, 0.3) is 0 Å². The van der Waals surface area contributed by atoms with Gasteiger partial charge in [0.15, 0.2) is 11.5 Å². The fourth-order valence-electron chi connectivity index (χ4n) is 4.10. The highest BCUT2D eigenvalue weighted by molar-refractivity contribution is 5.98. The number of nitrogens with two attached hydrogens (primary N) is 1. The number of carbonyl (C=O) groups is 1. The molecule has 1 saturated carbocycles. The predicted molar refractivity (Wildman–Crippen MR) is 89.4 cm³/mol. The second-order valence-corrected chi connectivity index (χ2v) is 6.56. The van der Waals surface area contributed by atoms with Gasteiger partial charge in [0.05, 0.1) is 5.56 Å². The molecule has 0 aromatic heterocycles. The summed E-state index contributed by atoms with van der Waals surface area (Å²) in [5, 5.41) is 0. The van der Waals surface area contributed by atoms with Crippen LogP contribution in [0.3, 0.4) is 0 Å². The minimum absolute atomic E-state index is 0. The van der Waals surface area contributed by atoms with Crippen LogP contribution in [0.5, 0.6) is 11.5 Å². The van der Waals surface area contributed by atoms with E-state index in [0.717, 1.165) is 19.5 Å². The van der Waals surface area contributed by atoms with Crippen molar-refractivity contribution < 1.29 is 14.3 Å². The van der Waals surface area contributed by atoms with Crippen LogP contribution in [0.2, 0.25) is 0 Å². The van der Waals surface area contributed by atoms with Gasteiger partial charge in [0.2, 0.25) is 0 Å². The summed E-state index contributed by atoms with van der Waals surface area (Å²) in [6.45, 7) is 2.62. The van der Waals surface area contributed by atoms with E-state index in [1.807, 2.05) is 23.1 Å². The monoisotopic (exact) mass is 338 g/mol. The van der Waals surface area contributed by atoms with E-state index in [9.17, 15) is 4.79 Å². The molecule has 5 nitrogen and oxygen atoms in total. The Morgan fingerprint density at radius 1 is 1.17 bits per heavy atom. The van der Waals surface area contributed by atoms with E-state index in [1.165, 1.54) is 12.8 Å². The maximum absolute atomic E-state index is 12.9. The lowest BCUT2D eigenvalue weighted by atomic mass is 9.78. The van der Waals surface area contributed by atoms with Crippen LogP contribution in [-0.2, 0) is 0 Å². The molecular formula is C17H23ClN2O3. The van der Waals surface area contributed by atoms with Gasteiger partial charge >= 0.3 is 0 Å². The Morgan fingerprint density at radius 2 is 2.00 bits per heavy atom. The number of hydrogen-bond acceptors (Lipinski definition) is 4. The Balaban J connectivity index is 0.00000156. The summed E-state index contributed by atoms with van der Waals surface area (Å²) >= 11 is 0. The topological polar surface area (TPSA) is 64.8 Å². The van der Waals surface area contributed by atoms with Crippen molar-refractivity contribution in [1.29, 1.82) is 0 Å². The molecule has 2 heterocycles. The molecule has 3 aliphatic rings. The summed E-state index contributed by atoms with van der Waals surface area (Å²) in [5.41, 5.74) is 6.86. The fourth-order valence-corrected chi connectivity index (χ4v) is 4.10.